The van der Waals surface area contributed by atoms with Crippen molar-refractivity contribution in [2.75, 3.05) is 18.4 Å². The maximum Gasteiger partial charge on any atom is 0.257 e. The summed E-state index contributed by atoms with van der Waals surface area (Å²) in [7, 11) is 0. The first kappa shape index (κ1) is 21.8. The molecule has 1 aromatic heterocycles. The quantitative estimate of drug-likeness (QED) is 0.745. The summed E-state index contributed by atoms with van der Waals surface area (Å²) in [6.07, 6.45) is 3.12. The molecular formula is C22H28ClN3O2S. The number of nitrogens with one attached hydrogen (secondary N) is 2. The van der Waals surface area contributed by atoms with E-state index >= 15 is 0 Å². The van der Waals surface area contributed by atoms with Gasteiger partial charge < -0.3 is 15.5 Å². The molecule has 156 valence electrons. The van der Waals surface area contributed by atoms with Gasteiger partial charge in [0.05, 0.1) is 5.56 Å². The Hall–Kier alpha value is -1.89. The van der Waals surface area contributed by atoms with Gasteiger partial charge in [-0.05, 0) is 60.9 Å². The molecule has 2 bridgehead atoms. The van der Waals surface area contributed by atoms with Gasteiger partial charge in [-0.25, -0.2) is 0 Å². The van der Waals surface area contributed by atoms with E-state index in [1.165, 1.54) is 16.9 Å². The van der Waals surface area contributed by atoms with Gasteiger partial charge in [0, 0.05) is 24.2 Å². The van der Waals surface area contributed by atoms with Gasteiger partial charge in [0.15, 0.2) is 0 Å². The molecule has 2 unspecified atom stereocenters. The smallest absolute Gasteiger partial charge is 0.257 e. The number of rotatable bonds is 4. The third-order valence-electron chi connectivity index (χ3n) is 5.85. The number of hydrogen-bond acceptors (Lipinski definition) is 4. The number of carbonyl (C=O) groups excluding carboxylic acids is 2. The summed E-state index contributed by atoms with van der Waals surface area (Å²) in [5, 5.41) is 8.90. The van der Waals surface area contributed by atoms with Crippen molar-refractivity contribution in [1.82, 2.24) is 10.2 Å². The summed E-state index contributed by atoms with van der Waals surface area (Å²) in [6, 6.07) is 10.1. The van der Waals surface area contributed by atoms with Gasteiger partial charge in [-0.3, -0.25) is 9.59 Å². The molecule has 2 N–H and O–H groups in total. The average molecular weight is 434 g/mol. The SMILES string of the molecule is CC(C)c1ccc(C(=O)Nc2sccc2C(=O)N2C3CCNCC2CC3)cc1.Cl. The second-order valence-electron chi connectivity index (χ2n) is 7.98. The minimum Gasteiger partial charge on any atom is -0.331 e. The summed E-state index contributed by atoms with van der Waals surface area (Å²) in [4.78, 5) is 28.0. The average Bonchev–Trinajstić information content (AvgIpc) is 3.24. The van der Waals surface area contributed by atoms with E-state index in [2.05, 4.69) is 29.4 Å². The molecular weight excluding hydrogens is 406 g/mol. The van der Waals surface area contributed by atoms with Crippen molar-refractivity contribution < 1.29 is 9.59 Å². The monoisotopic (exact) mass is 433 g/mol. The van der Waals surface area contributed by atoms with Crippen molar-refractivity contribution in [1.29, 1.82) is 0 Å². The highest BCUT2D eigenvalue weighted by Gasteiger charge is 2.39. The van der Waals surface area contributed by atoms with Crippen LogP contribution in [0.4, 0.5) is 5.00 Å². The molecule has 2 saturated heterocycles. The van der Waals surface area contributed by atoms with E-state index in [-0.39, 0.29) is 30.3 Å². The molecule has 4 rings (SSSR count). The lowest BCUT2D eigenvalue weighted by Crippen LogP contribution is -2.42. The van der Waals surface area contributed by atoms with Gasteiger partial charge in [0.2, 0.25) is 0 Å². The molecule has 2 amide bonds. The van der Waals surface area contributed by atoms with Crippen LogP contribution in [0.15, 0.2) is 35.7 Å². The van der Waals surface area contributed by atoms with E-state index in [1.54, 1.807) is 0 Å². The van der Waals surface area contributed by atoms with Crippen LogP contribution in [-0.4, -0.2) is 41.9 Å². The van der Waals surface area contributed by atoms with Crippen LogP contribution in [0.5, 0.6) is 0 Å². The Labute approximate surface area is 182 Å². The van der Waals surface area contributed by atoms with Crippen LogP contribution in [-0.2, 0) is 0 Å². The summed E-state index contributed by atoms with van der Waals surface area (Å²) in [5.74, 6) is 0.298. The summed E-state index contributed by atoms with van der Waals surface area (Å²) in [6.45, 7) is 6.08. The number of carbonyl (C=O) groups is 2. The zero-order valence-corrected chi connectivity index (χ0v) is 18.4. The zero-order chi connectivity index (χ0) is 19.7. The highest BCUT2D eigenvalue weighted by Crippen LogP contribution is 2.33. The number of nitrogens with zero attached hydrogens (tertiary/aromatic N) is 1. The first-order valence-corrected chi connectivity index (χ1v) is 10.9. The Morgan fingerprint density at radius 1 is 1.10 bits per heavy atom. The minimum atomic E-state index is -0.174. The molecule has 2 aromatic rings. The van der Waals surface area contributed by atoms with Crippen LogP contribution in [0.3, 0.4) is 0 Å². The number of thiophene rings is 1. The van der Waals surface area contributed by atoms with Crippen LogP contribution in [0, 0.1) is 0 Å². The first-order chi connectivity index (χ1) is 13.5. The van der Waals surface area contributed by atoms with Crippen molar-refractivity contribution in [3.63, 3.8) is 0 Å². The summed E-state index contributed by atoms with van der Waals surface area (Å²) >= 11 is 1.41. The number of halogens is 1. The standard InChI is InChI=1S/C22H27N3O2S.ClH/c1-14(2)15-3-5-16(6-4-15)20(26)24-21-19(10-12-28-21)22(27)25-17-7-8-18(25)13-23-11-9-17;/h3-6,10,12,14,17-18,23H,7-9,11,13H2,1-2H3,(H,24,26);1H. The van der Waals surface area contributed by atoms with Gasteiger partial charge in [-0.2, -0.15) is 0 Å². The van der Waals surface area contributed by atoms with E-state index in [9.17, 15) is 9.59 Å². The summed E-state index contributed by atoms with van der Waals surface area (Å²) in [5.41, 5.74) is 2.42. The molecule has 0 radical (unpaired) electrons. The van der Waals surface area contributed by atoms with Crippen LogP contribution >= 0.6 is 23.7 Å². The maximum atomic E-state index is 13.3. The van der Waals surface area contributed by atoms with Crippen LogP contribution < -0.4 is 10.6 Å². The Bertz CT molecular complexity index is 851. The molecule has 2 atom stereocenters. The Morgan fingerprint density at radius 2 is 1.83 bits per heavy atom. The van der Waals surface area contributed by atoms with Crippen LogP contribution in [0.2, 0.25) is 0 Å². The number of benzene rings is 1. The normalized spacial score (nSPS) is 20.9. The Morgan fingerprint density at radius 3 is 2.55 bits per heavy atom. The molecule has 3 heterocycles. The van der Waals surface area contributed by atoms with E-state index in [0.29, 0.717) is 28.1 Å². The fraction of sp³-hybridized carbons (Fsp3) is 0.455. The molecule has 0 saturated carbocycles. The lowest BCUT2D eigenvalue weighted by Gasteiger charge is -2.28. The van der Waals surface area contributed by atoms with Crippen molar-refractivity contribution in [3.05, 3.63) is 52.4 Å². The topological polar surface area (TPSA) is 61.4 Å². The predicted octanol–water partition coefficient (Wildman–Crippen LogP) is 4.51. The van der Waals surface area contributed by atoms with E-state index < -0.39 is 0 Å². The molecule has 2 aliphatic heterocycles. The Kier molecular flexibility index (Phi) is 6.98. The highest BCUT2D eigenvalue weighted by atomic mass is 35.5. The largest absolute Gasteiger partial charge is 0.331 e. The number of amides is 2. The second-order valence-corrected chi connectivity index (χ2v) is 8.90. The van der Waals surface area contributed by atoms with Crippen molar-refractivity contribution in [3.8, 4) is 0 Å². The van der Waals surface area contributed by atoms with Crippen molar-refractivity contribution >= 4 is 40.6 Å². The minimum absolute atomic E-state index is 0. The molecule has 29 heavy (non-hydrogen) atoms. The third kappa shape index (κ3) is 4.49. The number of hydrogen-bond donors (Lipinski definition) is 2. The summed E-state index contributed by atoms with van der Waals surface area (Å²) < 4.78 is 0. The first-order valence-electron chi connectivity index (χ1n) is 10.1. The van der Waals surface area contributed by atoms with Gasteiger partial charge in [-0.1, -0.05) is 26.0 Å². The molecule has 0 aliphatic carbocycles. The predicted molar refractivity (Wildman–Crippen MR) is 121 cm³/mol. The zero-order valence-electron chi connectivity index (χ0n) is 16.8. The second kappa shape index (κ2) is 9.28. The van der Waals surface area contributed by atoms with Gasteiger partial charge in [-0.15, -0.1) is 23.7 Å². The third-order valence-corrected chi connectivity index (χ3v) is 6.68. The molecule has 2 aliphatic rings. The van der Waals surface area contributed by atoms with E-state index in [0.717, 1.165) is 32.4 Å². The van der Waals surface area contributed by atoms with Gasteiger partial charge in [0.1, 0.15) is 5.00 Å². The number of fused-ring (bicyclic) bond motifs is 2. The van der Waals surface area contributed by atoms with E-state index in [1.807, 2.05) is 35.7 Å². The molecule has 1 aromatic carbocycles. The van der Waals surface area contributed by atoms with E-state index in [4.69, 9.17) is 0 Å². The highest BCUT2D eigenvalue weighted by molar-refractivity contribution is 7.14. The Balaban J connectivity index is 0.00000240. The number of anilines is 1. The van der Waals surface area contributed by atoms with Crippen LogP contribution in [0.25, 0.3) is 0 Å². The van der Waals surface area contributed by atoms with Crippen LogP contribution in [0.1, 0.15) is 65.3 Å². The van der Waals surface area contributed by atoms with Gasteiger partial charge in [0.25, 0.3) is 11.8 Å². The van der Waals surface area contributed by atoms with Gasteiger partial charge >= 0.3 is 0 Å². The fourth-order valence-corrected chi connectivity index (χ4v) is 5.00. The molecule has 5 nitrogen and oxygen atoms in total. The van der Waals surface area contributed by atoms with Crippen molar-refractivity contribution in [2.45, 2.75) is 51.1 Å². The lowest BCUT2D eigenvalue weighted by molar-refractivity contribution is 0.0682. The molecule has 7 heteroatoms. The molecule has 0 spiro atoms. The molecule has 2 fully saturated rings. The maximum absolute atomic E-state index is 13.3. The fourth-order valence-electron chi connectivity index (χ4n) is 4.22. The lowest BCUT2D eigenvalue weighted by atomic mass is 10.0. The van der Waals surface area contributed by atoms with Crippen molar-refractivity contribution in [2.24, 2.45) is 0 Å².